The lowest BCUT2D eigenvalue weighted by molar-refractivity contribution is -0.120. The van der Waals surface area contributed by atoms with Gasteiger partial charge in [0.1, 0.15) is 0 Å². The Bertz CT molecular complexity index is 832. The van der Waals surface area contributed by atoms with Crippen LogP contribution in [0.1, 0.15) is 57.6 Å². The highest BCUT2D eigenvalue weighted by molar-refractivity contribution is 7.70. The third-order valence-corrected chi connectivity index (χ3v) is 13.2. The molecule has 2 fully saturated rings. The van der Waals surface area contributed by atoms with E-state index in [0.29, 0.717) is 17.0 Å². The van der Waals surface area contributed by atoms with E-state index in [0.717, 1.165) is 33.6 Å². The summed E-state index contributed by atoms with van der Waals surface area (Å²) in [5.41, 5.74) is 4.59. The molecule has 28 heavy (non-hydrogen) atoms. The Morgan fingerprint density at radius 3 is 1.93 bits per heavy atom. The number of aryl methyl sites for hydroxylation is 2. The topological polar surface area (TPSA) is 37.4 Å². The first-order valence-corrected chi connectivity index (χ1v) is 13.6. The van der Waals surface area contributed by atoms with Gasteiger partial charge in [-0.05, 0) is 85.9 Å². The number of hydrogen-bond acceptors (Lipinski definition) is 2. The fourth-order valence-electron chi connectivity index (χ4n) is 5.21. The van der Waals surface area contributed by atoms with Gasteiger partial charge >= 0.3 is 0 Å². The third-order valence-electron chi connectivity index (χ3n) is 6.55. The van der Waals surface area contributed by atoms with E-state index in [-0.39, 0.29) is 11.8 Å². The van der Waals surface area contributed by atoms with Crippen molar-refractivity contribution in [2.24, 2.45) is 0 Å². The lowest BCUT2D eigenvalue weighted by Gasteiger charge is -2.25. The van der Waals surface area contributed by atoms with E-state index in [1.165, 1.54) is 30.6 Å². The molecule has 3 heterocycles. The van der Waals surface area contributed by atoms with Crippen molar-refractivity contribution < 1.29 is 9.59 Å². The number of anilines is 1. The van der Waals surface area contributed by atoms with Crippen LogP contribution in [0.15, 0.2) is 28.8 Å². The van der Waals surface area contributed by atoms with E-state index in [1.807, 2.05) is 26.0 Å². The van der Waals surface area contributed by atoms with E-state index < -0.39 is 15.8 Å². The molecule has 0 N–H and O–H groups in total. The van der Waals surface area contributed by atoms with Gasteiger partial charge < -0.3 is 0 Å². The average molecular weight is 415 g/mol. The van der Waals surface area contributed by atoms with Crippen LogP contribution in [0, 0.1) is 13.8 Å². The summed E-state index contributed by atoms with van der Waals surface area (Å²) in [6.07, 6.45) is 5.86. The standard InChI is InChI=1S/C23H31NO2P2/c1-14-11-15(2)13-19(12-14)24-22(25)20(27-10-6-7-16(27)3)21(23(24)26)28-17(4)8-9-18(28)5/h11-13,16-18H,6-10H2,1-5H3/t16-,17-,18-,27?/m1/s1. The number of nitrogens with zero attached hydrogens (tertiary/aromatic N) is 1. The molecule has 150 valence electrons. The van der Waals surface area contributed by atoms with Crippen LogP contribution >= 0.6 is 15.8 Å². The van der Waals surface area contributed by atoms with E-state index in [1.54, 1.807) is 0 Å². The first-order chi connectivity index (χ1) is 13.3. The highest BCUT2D eigenvalue weighted by Crippen LogP contribution is 2.69. The van der Waals surface area contributed by atoms with Gasteiger partial charge in [0.05, 0.1) is 16.3 Å². The first-order valence-electron chi connectivity index (χ1n) is 10.6. The van der Waals surface area contributed by atoms with Crippen LogP contribution in [0.2, 0.25) is 0 Å². The van der Waals surface area contributed by atoms with Crippen molar-refractivity contribution in [2.75, 3.05) is 11.1 Å². The minimum absolute atomic E-state index is 0.00124. The molecule has 3 aliphatic rings. The molecule has 3 aliphatic heterocycles. The van der Waals surface area contributed by atoms with Crippen molar-refractivity contribution in [3.8, 4) is 0 Å². The molecule has 1 aromatic carbocycles. The quantitative estimate of drug-likeness (QED) is 0.442. The van der Waals surface area contributed by atoms with Gasteiger partial charge in [0, 0.05) is 0 Å². The predicted molar refractivity (Wildman–Crippen MR) is 121 cm³/mol. The summed E-state index contributed by atoms with van der Waals surface area (Å²) in [5.74, 6) is -0.00280. The zero-order valence-electron chi connectivity index (χ0n) is 17.7. The van der Waals surface area contributed by atoms with E-state index >= 15 is 0 Å². The molecule has 4 rings (SSSR count). The van der Waals surface area contributed by atoms with Gasteiger partial charge in [-0.1, -0.05) is 42.7 Å². The summed E-state index contributed by atoms with van der Waals surface area (Å²) in [6.45, 7) is 10.9. The predicted octanol–water partition coefficient (Wildman–Crippen LogP) is 6.11. The first kappa shape index (κ1) is 20.2. The summed E-state index contributed by atoms with van der Waals surface area (Å²) in [6, 6.07) is 6.07. The fraction of sp³-hybridized carbons (Fsp3) is 0.565. The van der Waals surface area contributed by atoms with Gasteiger partial charge in [-0.3, -0.25) is 9.59 Å². The van der Waals surface area contributed by atoms with Gasteiger partial charge in [0.15, 0.2) is 0 Å². The SMILES string of the molecule is Cc1cc(C)cc(N2C(=O)C(P3CCC[C@H]3C)=C(P3[C@H](C)CC[C@H]3C)C2=O)c1. The highest BCUT2D eigenvalue weighted by atomic mass is 31.1. The molecule has 0 radical (unpaired) electrons. The van der Waals surface area contributed by atoms with Gasteiger partial charge in [0.25, 0.3) is 11.8 Å². The lowest BCUT2D eigenvalue weighted by atomic mass is 10.1. The number of amides is 2. The maximum Gasteiger partial charge on any atom is 0.266 e. The molecule has 2 saturated heterocycles. The number of carbonyl (C=O) groups excluding carboxylic acids is 2. The van der Waals surface area contributed by atoms with Gasteiger partial charge in [-0.25, -0.2) is 4.90 Å². The average Bonchev–Trinajstić information content (AvgIpc) is 3.24. The maximum atomic E-state index is 13.8. The fourth-order valence-corrected chi connectivity index (χ4v) is 12.0. The summed E-state index contributed by atoms with van der Waals surface area (Å²) < 4.78 is 0. The van der Waals surface area contributed by atoms with Crippen LogP contribution in [0.3, 0.4) is 0 Å². The summed E-state index contributed by atoms with van der Waals surface area (Å²) in [5, 5.41) is 1.91. The monoisotopic (exact) mass is 415 g/mol. The Balaban J connectivity index is 1.84. The summed E-state index contributed by atoms with van der Waals surface area (Å²) in [7, 11) is -1.07. The van der Waals surface area contributed by atoms with E-state index in [9.17, 15) is 9.59 Å². The Hall–Kier alpha value is -1.04. The van der Waals surface area contributed by atoms with Crippen molar-refractivity contribution in [1.82, 2.24) is 0 Å². The highest BCUT2D eigenvalue weighted by Gasteiger charge is 2.49. The van der Waals surface area contributed by atoms with Crippen LogP contribution in [0.4, 0.5) is 5.69 Å². The molecule has 1 unspecified atom stereocenters. The van der Waals surface area contributed by atoms with Gasteiger partial charge in [-0.15, -0.1) is 0 Å². The second kappa shape index (κ2) is 7.66. The molecular formula is C23H31NO2P2. The van der Waals surface area contributed by atoms with Gasteiger partial charge in [-0.2, -0.15) is 0 Å². The summed E-state index contributed by atoms with van der Waals surface area (Å²) >= 11 is 0. The molecule has 0 aliphatic carbocycles. The minimum Gasteiger partial charge on any atom is -0.268 e. The van der Waals surface area contributed by atoms with Crippen molar-refractivity contribution in [3.05, 3.63) is 40.0 Å². The van der Waals surface area contributed by atoms with Crippen LogP contribution < -0.4 is 4.90 Å². The van der Waals surface area contributed by atoms with Gasteiger partial charge in [0.2, 0.25) is 0 Å². The van der Waals surface area contributed by atoms with Crippen molar-refractivity contribution >= 4 is 33.3 Å². The van der Waals surface area contributed by atoms with Crippen molar-refractivity contribution in [1.29, 1.82) is 0 Å². The Morgan fingerprint density at radius 2 is 1.39 bits per heavy atom. The van der Waals surface area contributed by atoms with Crippen LogP contribution in [0.25, 0.3) is 0 Å². The zero-order chi connectivity index (χ0) is 20.2. The molecule has 5 heteroatoms. The van der Waals surface area contributed by atoms with Crippen LogP contribution in [-0.4, -0.2) is 35.0 Å². The molecular weight excluding hydrogens is 384 g/mol. The molecule has 2 amide bonds. The number of hydrogen-bond donors (Lipinski definition) is 0. The largest absolute Gasteiger partial charge is 0.268 e. The molecule has 3 nitrogen and oxygen atoms in total. The zero-order valence-corrected chi connectivity index (χ0v) is 19.4. The molecule has 0 aromatic heterocycles. The third kappa shape index (κ3) is 3.29. The minimum atomic E-state index is -0.558. The molecule has 0 bridgehead atoms. The Morgan fingerprint density at radius 1 is 0.821 bits per heavy atom. The molecule has 0 spiro atoms. The van der Waals surface area contributed by atoms with Crippen LogP contribution in [-0.2, 0) is 9.59 Å². The van der Waals surface area contributed by atoms with E-state index in [2.05, 4.69) is 26.8 Å². The molecule has 1 aromatic rings. The second-order valence-corrected chi connectivity index (χ2v) is 14.6. The molecule has 0 saturated carbocycles. The Labute approximate surface area is 171 Å². The van der Waals surface area contributed by atoms with Crippen molar-refractivity contribution in [2.45, 2.75) is 77.3 Å². The summed E-state index contributed by atoms with van der Waals surface area (Å²) in [4.78, 5) is 29.0. The van der Waals surface area contributed by atoms with Crippen LogP contribution in [0.5, 0.6) is 0 Å². The second-order valence-electron chi connectivity index (χ2n) is 8.86. The van der Waals surface area contributed by atoms with Crippen molar-refractivity contribution in [3.63, 3.8) is 0 Å². The number of benzene rings is 1. The van der Waals surface area contributed by atoms with E-state index in [4.69, 9.17) is 0 Å². The number of imide groups is 1. The maximum absolute atomic E-state index is 13.8. The number of carbonyl (C=O) groups is 2. The Kier molecular flexibility index (Phi) is 5.54. The molecule has 4 atom stereocenters. The smallest absolute Gasteiger partial charge is 0.266 e. The lowest BCUT2D eigenvalue weighted by Crippen LogP contribution is -2.32. The normalized spacial score (nSPS) is 31.5. The number of rotatable bonds is 3.